The molecule has 4 aromatic rings. The predicted molar refractivity (Wildman–Crippen MR) is 181 cm³/mol. The molecule has 3 aliphatic heterocycles. The van der Waals surface area contributed by atoms with Crippen LogP contribution >= 0.6 is 11.3 Å². The third kappa shape index (κ3) is 6.76. The first kappa shape index (κ1) is 32.7. The topological polar surface area (TPSA) is 158 Å². The first-order valence-corrected chi connectivity index (χ1v) is 17.2. The van der Waals surface area contributed by atoms with Crippen molar-refractivity contribution in [2.75, 3.05) is 44.8 Å². The number of aromatic nitrogens is 4. The van der Waals surface area contributed by atoms with Gasteiger partial charge in [-0.15, -0.1) is 10.2 Å². The van der Waals surface area contributed by atoms with Gasteiger partial charge in [-0.05, 0) is 44.0 Å². The molecule has 0 spiro atoms. The minimum absolute atomic E-state index is 0.0195. The highest BCUT2D eigenvalue weighted by Crippen LogP contribution is 2.51. The van der Waals surface area contributed by atoms with Crippen LogP contribution in [0.25, 0.3) is 11.3 Å². The molecule has 0 bridgehead atoms. The number of carbonyl (C=O) groups is 3. The molecule has 254 valence electrons. The van der Waals surface area contributed by atoms with Crippen molar-refractivity contribution in [1.82, 2.24) is 30.4 Å². The Bertz CT molecular complexity index is 1880. The Morgan fingerprint density at radius 2 is 1.53 bits per heavy atom. The highest BCUT2D eigenvalue weighted by molar-refractivity contribution is 7.17. The second-order valence-corrected chi connectivity index (χ2v) is 13.9. The largest absolute Gasteiger partial charge is 0.420 e. The van der Waals surface area contributed by atoms with E-state index in [1.54, 1.807) is 17.0 Å². The standard InChI is InChI=1S/C35H37N7O6S/c1-20-4-9-24-27(35(2,3)33(45)39-34-41-40-31(49-34)28(43)37-23-12-16-46-17-13-23)25-10-11-26(38-30(25)48-29(24)36-20)21-5-7-22(8-6-21)32(44)42-14-18-47-19-15-42/h4-11,23,27H,12-19H2,1-3H3,(H,37,43)(H,39,41,45)/t27-/m0/s1. The van der Waals surface area contributed by atoms with Crippen molar-refractivity contribution in [3.63, 3.8) is 0 Å². The molecule has 6 heterocycles. The Labute approximate surface area is 287 Å². The van der Waals surface area contributed by atoms with Gasteiger partial charge in [0.2, 0.25) is 27.8 Å². The van der Waals surface area contributed by atoms with Crippen molar-refractivity contribution in [2.45, 2.75) is 45.6 Å². The van der Waals surface area contributed by atoms with E-state index in [0.717, 1.165) is 46.6 Å². The molecule has 0 saturated carbocycles. The van der Waals surface area contributed by atoms with Gasteiger partial charge in [-0.3, -0.25) is 14.4 Å². The molecule has 7 rings (SSSR count). The van der Waals surface area contributed by atoms with Gasteiger partial charge in [-0.1, -0.05) is 49.4 Å². The van der Waals surface area contributed by atoms with Crippen LogP contribution < -0.4 is 15.4 Å². The van der Waals surface area contributed by atoms with Crippen molar-refractivity contribution in [3.05, 3.63) is 75.9 Å². The molecule has 2 saturated heterocycles. The molecule has 3 amide bonds. The Morgan fingerprint density at radius 1 is 0.857 bits per heavy atom. The van der Waals surface area contributed by atoms with E-state index in [2.05, 4.69) is 25.8 Å². The normalized spacial score (nSPS) is 17.8. The molecule has 0 radical (unpaired) electrons. The fourth-order valence-electron chi connectivity index (χ4n) is 6.37. The number of hydrogen-bond acceptors (Lipinski definition) is 11. The summed E-state index contributed by atoms with van der Waals surface area (Å²) in [6.45, 7) is 9.01. The zero-order valence-corrected chi connectivity index (χ0v) is 28.3. The summed E-state index contributed by atoms with van der Waals surface area (Å²) in [7, 11) is 0. The Balaban J connectivity index is 1.13. The van der Waals surface area contributed by atoms with Crippen LogP contribution in [-0.4, -0.2) is 88.3 Å². The second kappa shape index (κ2) is 13.6. The van der Waals surface area contributed by atoms with Crippen molar-refractivity contribution >= 4 is 34.2 Å². The number of nitrogens with zero attached hydrogens (tertiary/aromatic N) is 5. The number of fused-ring (bicyclic) bond motifs is 2. The van der Waals surface area contributed by atoms with Crippen molar-refractivity contribution < 1.29 is 28.6 Å². The number of rotatable bonds is 7. The van der Waals surface area contributed by atoms with Gasteiger partial charge in [0.25, 0.3) is 11.8 Å². The lowest BCUT2D eigenvalue weighted by molar-refractivity contribution is -0.124. The number of carbonyl (C=O) groups excluding carboxylic acids is 3. The van der Waals surface area contributed by atoms with Crippen LogP contribution in [0.15, 0.2) is 48.5 Å². The summed E-state index contributed by atoms with van der Waals surface area (Å²) in [6, 6.07) is 15.0. The van der Waals surface area contributed by atoms with E-state index in [-0.39, 0.29) is 33.9 Å². The monoisotopic (exact) mass is 683 g/mol. The molecule has 0 unspecified atom stereocenters. The zero-order valence-electron chi connectivity index (χ0n) is 27.5. The fraction of sp³-hybridized carbons (Fsp3) is 0.400. The van der Waals surface area contributed by atoms with Crippen molar-refractivity contribution in [2.24, 2.45) is 5.41 Å². The molecule has 0 aliphatic carbocycles. The van der Waals surface area contributed by atoms with Gasteiger partial charge in [0.1, 0.15) is 0 Å². The van der Waals surface area contributed by atoms with Crippen molar-refractivity contribution in [1.29, 1.82) is 0 Å². The molecule has 49 heavy (non-hydrogen) atoms. The number of hydrogen-bond donors (Lipinski definition) is 2. The van der Waals surface area contributed by atoms with Gasteiger partial charge >= 0.3 is 0 Å². The van der Waals surface area contributed by atoms with E-state index in [9.17, 15) is 14.4 Å². The van der Waals surface area contributed by atoms with Gasteiger partial charge < -0.3 is 29.7 Å². The molecule has 13 nitrogen and oxygen atoms in total. The third-order valence-corrected chi connectivity index (χ3v) is 10.0. The zero-order chi connectivity index (χ0) is 34.1. The molecule has 2 N–H and O–H groups in total. The van der Waals surface area contributed by atoms with Crippen LogP contribution in [0, 0.1) is 12.3 Å². The van der Waals surface area contributed by atoms with Crippen LogP contribution in [0.5, 0.6) is 11.8 Å². The van der Waals surface area contributed by atoms with Crippen LogP contribution in [0.4, 0.5) is 5.13 Å². The summed E-state index contributed by atoms with van der Waals surface area (Å²) >= 11 is 1.03. The van der Waals surface area contributed by atoms with Gasteiger partial charge in [0, 0.05) is 66.2 Å². The minimum Gasteiger partial charge on any atom is -0.420 e. The molecule has 3 aromatic heterocycles. The number of nitrogens with one attached hydrogen (secondary N) is 2. The second-order valence-electron chi connectivity index (χ2n) is 12.9. The van der Waals surface area contributed by atoms with Crippen LogP contribution in [-0.2, 0) is 14.3 Å². The summed E-state index contributed by atoms with van der Waals surface area (Å²) in [4.78, 5) is 51.1. The van der Waals surface area contributed by atoms with Gasteiger partial charge in [0.05, 0.1) is 24.3 Å². The molecule has 1 atom stereocenters. The molecule has 2 fully saturated rings. The number of pyridine rings is 2. The van der Waals surface area contributed by atoms with Crippen LogP contribution in [0.3, 0.4) is 0 Å². The fourth-order valence-corrected chi connectivity index (χ4v) is 7.01. The highest BCUT2D eigenvalue weighted by atomic mass is 32.1. The summed E-state index contributed by atoms with van der Waals surface area (Å²) in [5.41, 5.74) is 3.29. The van der Waals surface area contributed by atoms with Crippen molar-refractivity contribution in [3.8, 4) is 23.0 Å². The smallest absolute Gasteiger partial charge is 0.282 e. The Hall–Kier alpha value is -4.79. The summed E-state index contributed by atoms with van der Waals surface area (Å²) < 4.78 is 17.0. The van der Waals surface area contributed by atoms with Gasteiger partial charge in [-0.25, -0.2) is 9.97 Å². The van der Waals surface area contributed by atoms with Gasteiger partial charge in [0.15, 0.2) is 0 Å². The first-order valence-electron chi connectivity index (χ1n) is 16.3. The van der Waals surface area contributed by atoms with E-state index in [1.807, 2.05) is 57.2 Å². The van der Waals surface area contributed by atoms with Crippen LogP contribution in [0.1, 0.15) is 69.6 Å². The average molecular weight is 684 g/mol. The average Bonchev–Trinajstić information content (AvgIpc) is 3.59. The number of benzene rings is 1. The maximum atomic E-state index is 14.0. The lowest BCUT2D eigenvalue weighted by atomic mass is 9.70. The van der Waals surface area contributed by atoms with Gasteiger partial charge in [-0.2, -0.15) is 0 Å². The SMILES string of the molecule is Cc1ccc2c(n1)Oc1nc(-c3ccc(C(=O)N4CCOCC4)cc3)ccc1[C@H]2C(C)(C)C(=O)Nc1nnc(C(=O)NC2CCOCC2)s1. The van der Waals surface area contributed by atoms with E-state index in [1.165, 1.54) is 0 Å². The summed E-state index contributed by atoms with van der Waals surface area (Å²) in [5, 5.41) is 14.4. The molecular formula is C35H37N7O6S. The minimum atomic E-state index is -1.04. The number of morpholine rings is 1. The third-order valence-electron chi connectivity index (χ3n) is 9.16. The molecule has 1 aromatic carbocycles. The number of ether oxygens (including phenoxy) is 3. The Morgan fingerprint density at radius 3 is 2.27 bits per heavy atom. The highest BCUT2D eigenvalue weighted by Gasteiger charge is 2.45. The van der Waals surface area contributed by atoms with E-state index >= 15 is 0 Å². The number of aryl methyl sites for hydroxylation is 1. The summed E-state index contributed by atoms with van der Waals surface area (Å²) in [5.74, 6) is -0.394. The molecular weight excluding hydrogens is 646 g/mol. The summed E-state index contributed by atoms with van der Waals surface area (Å²) in [6.07, 6.45) is 1.48. The predicted octanol–water partition coefficient (Wildman–Crippen LogP) is 4.59. The van der Waals surface area contributed by atoms with E-state index in [0.29, 0.717) is 62.5 Å². The first-order chi connectivity index (χ1) is 23.7. The van der Waals surface area contributed by atoms with E-state index in [4.69, 9.17) is 19.2 Å². The van der Waals surface area contributed by atoms with E-state index < -0.39 is 11.3 Å². The van der Waals surface area contributed by atoms with Crippen LogP contribution in [0.2, 0.25) is 0 Å². The maximum Gasteiger partial charge on any atom is 0.282 e. The quantitative estimate of drug-likeness (QED) is 0.282. The number of amides is 3. The number of anilines is 1. The molecule has 14 heteroatoms. The lowest BCUT2D eigenvalue weighted by Crippen LogP contribution is -2.40. The molecule has 3 aliphatic rings. The lowest BCUT2D eigenvalue weighted by Gasteiger charge is -2.37. The Kier molecular flexibility index (Phi) is 9.09. The maximum absolute atomic E-state index is 14.0.